The first-order chi connectivity index (χ1) is 28.9. The van der Waals surface area contributed by atoms with Gasteiger partial charge in [0.05, 0.1) is 48.1 Å². The van der Waals surface area contributed by atoms with Crippen LogP contribution in [0, 0.1) is 5.92 Å². The van der Waals surface area contributed by atoms with Gasteiger partial charge in [-0.15, -0.1) is 0 Å². The third-order valence-corrected chi connectivity index (χ3v) is 13.3. The Kier molecular flexibility index (Phi) is 9.58. The molecule has 0 bridgehead atoms. The molecule has 2 fully saturated rings. The van der Waals surface area contributed by atoms with Gasteiger partial charge in [0, 0.05) is 27.9 Å². The average molecular weight is 790 g/mol. The van der Waals surface area contributed by atoms with Crippen molar-refractivity contribution in [1.82, 2.24) is 14.0 Å². The van der Waals surface area contributed by atoms with E-state index in [1.54, 1.807) is 18.3 Å². The standard InChI is InChI=1S/C49H47N3O7/c1-57-48(55)34-18-20-37-39(28-34)52-40(26-32-10-5-6-11-35(32)45(52)42(37)30-8-3-2-4-9-30)49(56)59-24-21-29-13-15-31(16-14-29)43-36-19-17-33(47(53)54)27-38(36)51-23-25-58-41-12-7-22-50-44(41)46(43)51/h5-7,10-12,17-20,22,26-31H,2-4,8-9,13-16,21,23-25H2,1H3,(H,53,54). The number of pyridine rings is 2. The summed E-state index contributed by atoms with van der Waals surface area (Å²) in [6.07, 6.45) is 12.2. The maximum Gasteiger partial charge on any atom is 0.355 e. The molecule has 3 aliphatic rings. The molecule has 2 saturated carbocycles. The van der Waals surface area contributed by atoms with Crippen LogP contribution in [0.4, 0.5) is 0 Å². The number of carbonyl (C=O) groups is 3. The first-order valence-corrected chi connectivity index (χ1v) is 21.1. The number of benzene rings is 3. The van der Waals surface area contributed by atoms with E-state index in [0.717, 1.165) is 100 Å². The summed E-state index contributed by atoms with van der Waals surface area (Å²) < 4.78 is 21.7. The van der Waals surface area contributed by atoms with E-state index in [0.29, 0.717) is 42.9 Å². The van der Waals surface area contributed by atoms with Crippen LogP contribution in [0.1, 0.15) is 118 Å². The van der Waals surface area contributed by atoms with Crippen LogP contribution >= 0.6 is 0 Å². The highest BCUT2D eigenvalue weighted by atomic mass is 16.5. The summed E-state index contributed by atoms with van der Waals surface area (Å²) in [6, 6.07) is 25.2. The summed E-state index contributed by atoms with van der Waals surface area (Å²) in [4.78, 5) is 43.9. The number of esters is 2. The van der Waals surface area contributed by atoms with Crippen LogP contribution in [0.5, 0.6) is 5.75 Å². The van der Waals surface area contributed by atoms with Crippen molar-refractivity contribution in [3.63, 3.8) is 0 Å². The minimum atomic E-state index is -0.947. The number of carbonyl (C=O) groups excluding carboxylic acids is 2. The van der Waals surface area contributed by atoms with Gasteiger partial charge < -0.3 is 28.3 Å². The molecule has 1 aliphatic heterocycles. The van der Waals surface area contributed by atoms with E-state index >= 15 is 0 Å². The second-order valence-corrected chi connectivity index (χ2v) is 16.6. The number of rotatable bonds is 8. The van der Waals surface area contributed by atoms with Gasteiger partial charge in [-0.3, -0.25) is 4.98 Å². The lowest BCUT2D eigenvalue weighted by Crippen LogP contribution is -2.18. The van der Waals surface area contributed by atoms with Crippen LogP contribution in [-0.4, -0.2) is 57.3 Å². The van der Waals surface area contributed by atoms with Crippen molar-refractivity contribution >= 4 is 56.0 Å². The number of ether oxygens (including phenoxy) is 3. The molecule has 59 heavy (non-hydrogen) atoms. The number of aromatic nitrogens is 3. The fraction of sp³-hybridized carbons (Fsp3) is 0.347. The van der Waals surface area contributed by atoms with E-state index in [2.05, 4.69) is 16.7 Å². The number of fused-ring (bicyclic) bond motifs is 10. The molecule has 0 unspecified atom stereocenters. The van der Waals surface area contributed by atoms with Crippen molar-refractivity contribution in [3.05, 3.63) is 113 Å². The molecule has 0 atom stereocenters. The summed E-state index contributed by atoms with van der Waals surface area (Å²) in [5, 5.41) is 14.0. The minimum absolute atomic E-state index is 0.261. The maximum atomic E-state index is 14.3. The zero-order chi connectivity index (χ0) is 40.2. The predicted octanol–water partition coefficient (Wildman–Crippen LogP) is 10.7. The van der Waals surface area contributed by atoms with E-state index in [9.17, 15) is 19.5 Å². The lowest BCUT2D eigenvalue weighted by molar-refractivity contribution is 0.0464. The van der Waals surface area contributed by atoms with Gasteiger partial charge in [0.15, 0.2) is 0 Å². The number of hydrogen-bond donors (Lipinski definition) is 1. The second kappa shape index (κ2) is 15.2. The Hall–Kier alpha value is -6.16. The molecule has 0 amide bonds. The second-order valence-electron chi connectivity index (χ2n) is 16.6. The number of carboxylic acids is 1. The van der Waals surface area contributed by atoms with Crippen molar-refractivity contribution in [2.75, 3.05) is 20.3 Å². The van der Waals surface area contributed by atoms with E-state index in [4.69, 9.17) is 19.2 Å². The molecule has 0 saturated heterocycles. The quantitative estimate of drug-likeness (QED) is 0.151. The molecule has 5 heterocycles. The first kappa shape index (κ1) is 37.1. The Morgan fingerprint density at radius 2 is 1.53 bits per heavy atom. The smallest absolute Gasteiger partial charge is 0.355 e. The lowest BCUT2D eigenvalue weighted by Gasteiger charge is -2.29. The third kappa shape index (κ3) is 6.40. The Morgan fingerprint density at radius 1 is 0.780 bits per heavy atom. The molecule has 0 radical (unpaired) electrons. The van der Waals surface area contributed by atoms with Crippen molar-refractivity contribution in [1.29, 1.82) is 0 Å². The van der Waals surface area contributed by atoms with Gasteiger partial charge in [0.2, 0.25) is 0 Å². The summed E-state index contributed by atoms with van der Waals surface area (Å²) in [5.74, 6) is 0.0193. The fourth-order valence-electron chi connectivity index (χ4n) is 10.6. The van der Waals surface area contributed by atoms with E-state index in [1.165, 1.54) is 37.5 Å². The van der Waals surface area contributed by atoms with Crippen LogP contribution in [-0.2, 0) is 16.0 Å². The third-order valence-electron chi connectivity index (χ3n) is 13.3. The van der Waals surface area contributed by atoms with Crippen LogP contribution in [0.3, 0.4) is 0 Å². The Balaban J connectivity index is 0.926. The monoisotopic (exact) mass is 789 g/mol. The summed E-state index contributed by atoms with van der Waals surface area (Å²) >= 11 is 0. The van der Waals surface area contributed by atoms with Gasteiger partial charge in [-0.1, -0.05) is 55.7 Å². The molecule has 10 heteroatoms. The van der Waals surface area contributed by atoms with E-state index in [1.807, 2.05) is 59.0 Å². The molecule has 300 valence electrons. The highest BCUT2D eigenvalue weighted by Crippen LogP contribution is 2.48. The summed E-state index contributed by atoms with van der Waals surface area (Å²) in [5.41, 5.74) is 8.20. The van der Waals surface area contributed by atoms with Crippen molar-refractivity contribution in [3.8, 4) is 17.1 Å². The van der Waals surface area contributed by atoms with Crippen LogP contribution in [0.25, 0.3) is 49.5 Å². The SMILES string of the molecule is COC(=O)c1ccc2c(C3CCCCC3)c3c4ccccc4cc(C(=O)OCCC4CCC(c5c6n(c7cc(C(=O)O)ccc57)CCOc5cccnc5-6)CC4)n3c2c1. The van der Waals surface area contributed by atoms with Gasteiger partial charge in [0.25, 0.3) is 0 Å². The number of nitrogens with zero attached hydrogens (tertiary/aromatic N) is 3. The van der Waals surface area contributed by atoms with Crippen LogP contribution in [0.2, 0.25) is 0 Å². The van der Waals surface area contributed by atoms with Gasteiger partial charge in [-0.2, -0.15) is 0 Å². The van der Waals surface area contributed by atoms with Gasteiger partial charge >= 0.3 is 17.9 Å². The maximum absolute atomic E-state index is 14.3. The normalized spacial score (nSPS) is 18.3. The fourth-order valence-corrected chi connectivity index (χ4v) is 10.6. The molecule has 1 N–H and O–H groups in total. The largest absolute Gasteiger partial charge is 0.489 e. The molecule has 3 aromatic carbocycles. The minimum Gasteiger partial charge on any atom is -0.489 e. The highest BCUT2D eigenvalue weighted by molar-refractivity contribution is 6.10. The molecular formula is C49H47N3O7. The lowest BCUT2D eigenvalue weighted by atomic mass is 9.76. The summed E-state index contributed by atoms with van der Waals surface area (Å²) in [6.45, 7) is 1.38. The Bertz CT molecular complexity index is 2800. The van der Waals surface area contributed by atoms with Gasteiger partial charge in [-0.25, -0.2) is 14.4 Å². The molecule has 0 spiro atoms. The van der Waals surface area contributed by atoms with Crippen molar-refractivity contribution in [2.45, 2.75) is 82.6 Å². The van der Waals surface area contributed by atoms with Crippen LogP contribution in [0.15, 0.2) is 85.1 Å². The summed E-state index contributed by atoms with van der Waals surface area (Å²) in [7, 11) is 1.39. The molecule has 4 aromatic heterocycles. The molecule has 10 rings (SSSR count). The van der Waals surface area contributed by atoms with Crippen LogP contribution < -0.4 is 4.74 Å². The number of carboxylic acid groups (broad SMARTS) is 1. The predicted molar refractivity (Wildman–Crippen MR) is 227 cm³/mol. The average Bonchev–Trinajstić information content (AvgIpc) is 3.71. The molecule has 10 nitrogen and oxygen atoms in total. The Labute approximate surface area is 341 Å². The highest BCUT2D eigenvalue weighted by Gasteiger charge is 2.33. The van der Waals surface area contributed by atoms with E-state index in [-0.39, 0.29) is 17.5 Å². The molecule has 2 aliphatic carbocycles. The Morgan fingerprint density at radius 3 is 2.32 bits per heavy atom. The number of aromatic carboxylic acids is 1. The number of methoxy groups -OCH3 is 1. The van der Waals surface area contributed by atoms with Gasteiger partial charge in [-0.05, 0) is 122 Å². The zero-order valence-corrected chi connectivity index (χ0v) is 33.2. The topological polar surface area (TPSA) is 121 Å². The van der Waals surface area contributed by atoms with Crippen molar-refractivity contribution in [2.24, 2.45) is 5.92 Å². The zero-order valence-electron chi connectivity index (χ0n) is 33.2. The molecular weight excluding hydrogens is 743 g/mol. The molecule has 7 aromatic rings. The van der Waals surface area contributed by atoms with Gasteiger partial charge in [0.1, 0.15) is 23.7 Å². The van der Waals surface area contributed by atoms with E-state index < -0.39 is 11.9 Å². The first-order valence-electron chi connectivity index (χ1n) is 21.1. The number of hydrogen-bond acceptors (Lipinski definition) is 7. The van der Waals surface area contributed by atoms with Crippen molar-refractivity contribution < 1.29 is 33.7 Å².